The van der Waals surface area contributed by atoms with Crippen LogP contribution in [0.3, 0.4) is 0 Å². The van der Waals surface area contributed by atoms with Crippen LogP contribution in [0.5, 0.6) is 0 Å². The Bertz CT molecular complexity index is 396. The van der Waals surface area contributed by atoms with Crippen LogP contribution in [0.1, 0.15) is 66.2 Å². The van der Waals surface area contributed by atoms with E-state index >= 15 is 0 Å². The third-order valence-corrected chi connectivity index (χ3v) is 3.67. The van der Waals surface area contributed by atoms with Gasteiger partial charge in [0.05, 0.1) is 0 Å². The minimum atomic E-state index is 0.622. The molecule has 1 atom stereocenters. The Balaban J connectivity index is 4.80. The minimum Gasteiger partial charge on any atom is -0.293 e. The first-order valence-electron chi connectivity index (χ1n) is 8.85. The average Bonchev–Trinajstić information content (AvgIpc) is 2.54. The van der Waals surface area contributed by atoms with Crippen molar-refractivity contribution in [1.82, 2.24) is 0 Å². The molecule has 1 heteroatoms. The van der Waals surface area contributed by atoms with Gasteiger partial charge in [-0.05, 0) is 43.3 Å². The number of aliphatic imine (C=N–C) groups is 1. The maximum absolute atomic E-state index is 4.31. The van der Waals surface area contributed by atoms with Crippen molar-refractivity contribution in [2.75, 3.05) is 6.54 Å². The van der Waals surface area contributed by atoms with Crippen LogP contribution in [-0.4, -0.2) is 12.8 Å². The summed E-state index contributed by atoms with van der Waals surface area (Å²) in [4.78, 5) is 4.31. The molecule has 0 heterocycles. The van der Waals surface area contributed by atoms with Crippen molar-refractivity contribution in [3.63, 3.8) is 0 Å². The lowest BCUT2D eigenvalue weighted by Crippen LogP contribution is -1.92. The molecule has 0 rings (SSSR count). The molecular formula is C21H35N. The molecule has 0 amide bonds. The maximum atomic E-state index is 4.31. The summed E-state index contributed by atoms with van der Waals surface area (Å²) in [6, 6.07) is 0. The van der Waals surface area contributed by atoms with Crippen LogP contribution in [0.2, 0.25) is 0 Å². The first-order valence-corrected chi connectivity index (χ1v) is 8.85. The van der Waals surface area contributed by atoms with E-state index in [2.05, 4.69) is 57.5 Å². The van der Waals surface area contributed by atoms with Gasteiger partial charge >= 0.3 is 0 Å². The normalized spacial score (nSPS) is 14.9. The third-order valence-electron chi connectivity index (χ3n) is 3.67. The highest BCUT2D eigenvalue weighted by Crippen LogP contribution is 2.20. The fourth-order valence-electron chi connectivity index (χ4n) is 2.08. The highest BCUT2D eigenvalue weighted by molar-refractivity contribution is 5.71. The molecule has 0 aliphatic carbocycles. The summed E-state index contributed by atoms with van der Waals surface area (Å²) < 4.78 is 0. The van der Waals surface area contributed by atoms with Crippen molar-refractivity contribution in [2.45, 2.75) is 66.2 Å². The van der Waals surface area contributed by atoms with E-state index in [1.54, 1.807) is 0 Å². The molecule has 0 radical (unpaired) electrons. The lowest BCUT2D eigenvalue weighted by Gasteiger charge is -2.10. The van der Waals surface area contributed by atoms with Gasteiger partial charge in [-0.2, -0.15) is 0 Å². The molecule has 0 bridgehead atoms. The topological polar surface area (TPSA) is 12.4 Å². The lowest BCUT2D eigenvalue weighted by atomic mass is 9.96. The number of rotatable bonds is 12. The standard InChI is InChI=1S/C21H35N/c1-6-10-13-21(14-11-12-16-22-15-7-2)18-20(9-4)17-19(5)8-3/h9,11-12,14,16-17,19H,4,6-8,10,13,15,18H2,1-3,5H3/b12-11-,20-17+,21-14+,22-16+. The SMILES string of the molecule is C=C/C(=C\C(C)CC)C/C(=C/C=C\C=N\CCC)CCCC. The number of nitrogens with zero attached hydrogens (tertiary/aromatic N) is 1. The number of hydrogen-bond acceptors (Lipinski definition) is 1. The van der Waals surface area contributed by atoms with Gasteiger partial charge in [-0.3, -0.25) is 4.99 Å². The number of allylic oxidation sites excluding steroid dienone is 7. The molecule has 0 aromatic rings. The van der Waals surface area contributed by atoms with Gasteiger partial charge in [0.2, 0.25) is 0 Å². The van der Waals surface area contributed by atoms with E-state index in [1.165, 1.54) is 36.8 Å². The summed E-state index contributed by atoms with van der Waals surface area (Å²) in [5.74, 6) is 0.622. The molecule has 0 aromatic carbocycles. The van der Waals surface area contributed by atoms with Gasteiger partial charge in [0.1, 0.15) is 0 Å². The summed E-state index contributed by atoms with van der Waals surface area (Å²) in [5.41, 5.74) is 2.83. The van der Waals surface area contributed by atoms with Crippen LogP contribution < -0.4 is 0 Å². The quantitative estimate of drug-likeness (QED) is 0.281. The monoisotopic (exact) mass is 301 g/mol. The third kappa shape index (κ3) is 11.3. The van der Waals surface area contributed by atoms with E-state index in [4.69, 9.17) is 0 Å². The Morgan fingerprint density at radius 3 is 2.50 bits per heavy atom. The zero-order valence-electron chi connectivity index (χ0n) is 15.1. The fourth-order valence-corrected chi connectivity index (χ4v) is 2.08. The molecule has 0 saturated heterocycles. The zero-order chi connectivity index (χ0) is 16.6. The summed E-state index contributed by atoms with van der Waals surface area (Å²) in [6.07, 6.45) is 19.6. The molecule has 0 aliphatic heterocycles. The van der Waals surface area contributed by atoms with Crippen LogP contribution in [-0.2, 0) is 0 Å². The molecule has 1 unspecified atom stereocenters. The molecular weight excluding hydrogens is 266 g/mol. The highest BCUT2D eigenvalue weighted by Gasteiger charge is 2.02. The Kier molecular flexibility index (Phi) is 13.7. The molecule has 0 spiro atoms. The first-order chi connectivity index (χ1) is 10.7. The molecule has 1 nitrogen and oxygen atoms in total. The molecule has 22 heavy (non-hydrogen) atoms. The second-order valence-electron chi connectivity index (χ2n) is 5.88. The second kappa shape index (κ2) is 14.6. The van der Waals surface area contributed by atoms with E-state index in [1.807, 2.05) is 18.4 Å². The maximum Gasteiger partial charge on any atom is 0.0386 e. The van der Waals surface area contributed by atoms with Gasteiger partial charge in [0, 0.05) is 12.8 Å². The van der Waals surface area contributed by atoms with Crippen LogP contribution >= 0.6 is 0 Å². The summed E-state index contributed by atoms with van der Waals surface area (Å²) in [5, 5.41) is 0. The van der Waals surface area contributed by atoms with Crippen molar-refractivity contribution in [3.8, 4) is 0 Å². The van der Waals surface area contributed by atoms with Crippen LogP contribution in [0, 0.1) is 5.92 Å². The van der Waals surface area contributed by atoms with Crippen LogP contribution in [0.15, 0.2) is 53.1 Å². The van der Waals surface area contributed by atoms with Gasteiger partial charge in [-0.25, -0.2) is 0 Å². The second-order valence-corrected chi connectivity index (χ2v) is 5.88. The minimum absolute atomic E-state index is 0.622. The Morgan fingerprint density at radius 2 is 1.91 bits per heavy atom. The van der Waals surface area contributed by atoms with Crippen LogP contribution in [0.25, 0.3) is 0 Å². The van der Waals surface area contributed by atoms with Crippen LogP contribution in [0.4, 0.5) is 0 Å². The van der Waals surface area contributed by atoms with Crippen molar-refractivity contribution in [2.24, 2.45) is 10.9 Å². The molecule has 0 N–H and O–H groups in total. The predicted octanol–water partition coefficient (Wildman–Crippen LogP) is 6.69. The molecule has 0 saturated carbocycles. The predicted molar refractivity (Wildman–Crippen MR) is 103 cm³/mol. The molecule has 124 valence electrons. The number of hydrogen-bond donors (Lipinski definition) is 0. The van der Waals surface area contributed by atoms with Crippen molar-refractivity contribution in [3.05, 3.63) is 48.1 Å². The highest BCUT2D eigenvalue weighted by atomic mass is 14.7. The first kappa shape index (κ1) is 20.6. The van der Waals surface area contributed by atoms with Crippen molar-refractivity contribution >= 4 is 6.21 Å². The van der Waals surface area contributed by atoms with Gasteiger partial charge in [0.25, 0.3) is 0 Å². The lowest BCUT2D eigenvalue weighted by molar-refractivity contribution is 0.690. The summed E-state index contributed by atoms with van der Waals surface area (Å²) >= 11 is 0. The largest absolute Gasteiger partial charge is 0.293 e. The Labute approximate surface area is 138 Å². The average molecular weight is 302 g/mol. The van der Waals surface area contributed by atoms with Gasteiger partial charge in [-0.1, -0.05) is 77.0 Å². The van der Waals surface area contributed by atoms with Gasteiger partial charge < -0.3 is 0 Å². The van der Waals surface area contributed by atoms with Gasteiger partial charge in [-0.15, -0.1) is 0 Å². The van der Waals surface area contributed by atoms with E-state index in [0.717, 1.165) is 19.4 Å². The zero-order valence-corrected chi connectivity index (χ0v) is 15.1. The fraction of sp³-hybridized carbons (Fsp3) is 0.571. The smallest absolute Gasteiger partial charge is 0.0386 e. The van der Waals surface area contributed by atoms with Crippen molar-refractivity contribution in [1.29, 1.82) is 0 Å². The molecule has 0 fully saturated rings. The number of unbranched alkanes of at least 4 members (excludes halogenated alkanes) is 1. The van der Waals surface area contributed by atoms with Gasteiger partial charge in [0.15, 0.2) is 0 Å². The summed E-state index contributed by atoms with van der Waals surface area (Å²) in [7, 11) is 0. The molecule has 0 aliphatic rings. The van der Waals surface area contributed by atoms with E-state index < -0.39 is 0 Å². The molecule has 0 aromatic heterocycles. The van der Waals surface area contributed by atoms with E-state index in [0.29, 0.717) is 5.92 Å². The van der Waals surface area contributed by atoms with E-state index in [9.17, 15) is 0 Å². The summed E-state index contributed by atoms with van der Waals surface area (Å²) in [6.45, 7) is 13.8. The Morgan fingerprint density at radius 1 is 1.14 bits per heavy atom. The van der Waals surface area contributed by atoms with E-state index in [-0.39, 0.29) is 0 Å². The van der Waals surface area contributed by atoms with Crippen molar-refractivity contribution < 1.29 is 0 Å². The Hall–Kier alpha value is -1.37.